The van der Waals surface area contributed by atoms with Gasteiger partial charge in [0.1, 0.15) is 27.2 Å². The average Bonchev–Trinajstić information content (AvgIpc) is 3.66. The molecule has 4 N–H and O–H groups in total. The first kappa shape index (κ1) is 49.2. The number of fused-ring (bicyclic) bond motifs is 1. The van der Waals surface area contributed by atoms with Crippen LogP contribution in [-0.2, 0) is 32.3 Å². The first-order chi connectivity index (χ1) is 26.6. The molecule has 0 saturated heterocycles. The number of nitrogens with zero attached hydrogens (tertiary/aromatic N) is 7. The molecule has 23 heteroatoms. The number of aromatic amines is 1. The molecule has 1 aliphatic heterocycles. The second-order valence-electron chi connectivity index (χ2n) is 11.7. The van der Waals surface area contributed by atoms with Gasteiger partial charge in [0.25, 0.3) is 11.5 Å². The van der Waals surface area contributed by atoms with E-state index in [0.29, 0.717) is 17.1 Å². The van der Waals surface area contributed by atoms with Gasteiger partial charge in [-0.15, -0.1) is 10.2 Å². The summed E-state index contributed by atoms with van der Waals surface area (Å²) < 4.78 is 35.7. The van der Waals surface area contributed by atoms with Crippen LogP contribution in [0.5, 0.6) is 11.5 Å². The summed E-state index contributed by atoms with van der Waals surface area (Å²) in [4.78, 5) is 24.8. The standard InChI is InChI=1S/C20H16N4O5S.C16H11Cl2N5O3.Cr.2Na/c1-12-18(20(26)24(23-12)13-7-3-2-4-8-13)21-22-19-15-10-6-5-9-14(15)17(11-16(19)25)30(27,28)29;17-8-6-10(18)14(24)11(7-8)20-21-13-12(15(19)25)22-23(16(13)26)9-4-2-1-3-5-9;;;/h2-11,18,25H,1H3,(H,27,28,29);1-7,22,24H,(H2,19,25);;;/q;;;2*+1/p-2. The number of para-hydroxylation sites is 2. The molecule has 17 nitrogen and oxygen atoms in total. The molecule has 0 aliphatic carbocycles. The van der Waals surface area contributed by atoms with Crippen LogP contribution >= 0.6 is 23.2 Å². The van der Waals surface area contributed by atoms with E-state index in [-0.39, 0.29) is 126 Å². The van der Waals surface area contributed by atoms with Crippen molar-refractivity contribution in [1.82, 2.24) is 9.78 Å². The smallest absolute Gasteiger partial charge is 0.858 e. The molecule has 0 radical (unpaired) electrons. The largest absolute Gasteiger partial charge is 1.00 e. The second kappa shape index (κ2) is 20.9. The number of halogens is 2. The van der Waals surface area contributed by atoms with Crippen LogP contribution in [0.3, 0.4) is 0 Å². The molecule has 1 amide bonds. The molecule has 0 bridgehead atoms. The third-order valence-corrected chi connectivity index (χ3v) is 9.35. The molecular formula is C36H25Cl2CrN9Na2O8S. The fourth-order valence-corrected chi connectivity index (χ4v) is 6.54. The van der Waals surface area contributed by atoms with Crippen LogP contribution in [0.4, 0.5) is 22.7 Å². The van der Waals surface area contributed by atoms with E-state index in [1.165, 1.54) is 29.3 Å². The zero-order chi connectivity index (χ0) is 40.3. The summed E-state index contributed by atoms with van der Waals surface area (Å²) in [6.45, 7) is 1.63. The van der Waals surface area contributed by atoms with Crippen molar-refractivity contribution >= 4 is 84.4 Å². The predicted octanol–water partition coefficient (Wildman–Crippen LogP) is 0.609. The molecular weight excluding hydrogens is 887 g/mol. The Kier molecular flexibility index (Phi) is 17.4. The number of hydrazone groups is 1. The molecule has 0 spiro atoms. The summed E-state index contributed by atoms with van der Waals surface area (Å²) in [5.41, 5.74) is -0.0691. The molecule has 290 valence electrons. The first-order valence-corrected chi connectivity index (χ1v) is 18.1. The maximum absolute atomic E-state index is 12.7. The third kappa shape index (κ3) is 11.0. The van der Waals surface area contributed by atoms with Crippen LogP contribution < -0.4 is 74.8 Å². The zero-order valence-corrected chi connectivity index (χ0v) is 38.5. The molecule has 6 aromatic rings. The number of azo groups is 2. The normalized spacial score (nSPS) is 13.6. The minimum Gasteiger partial charge on any atom is -0.858 e. The van der Waals surface area contributed by atoms with Gasteiger partial charge in [-0.05, 0) is 43.3 Å². The number of carbonyl (C=O) groups is 1. The number of anilines is 1. The molecule has 2 heterocycles. The number of aromatic nitrogens is 2. The van der Waals surface area contributed by atoms with Crippen molar-refractivity contribution in [3.05, 3.63) is 129 Å². The molecule has 0 saturated carbocycles. The Morgan fingerprint density at radius 2 is 1.42 bits per heavy atom. The number of benzene rings is 5. The quantitative estimate of drug-likeness (QED) is 0.0552. The number of phenols is 2. The summed E-state index contributed by atoms with van der Waals surface area (Å²) in [5.74, 6) is -2.46. The van der Waals surface area contributed by atoms with Gasteiger partial charge in [0, 0.05) is 45.1 Å². The minimum absolute atomic E-state index is 0. The van der Waals surface area contributed by atoms with E-state index < -0.39 is 44.2 Å². The van der Waals surface area contributed by atoms with Crippen molar-refractivity contribution in [2.24, 2.45) is 25.6 Å². The number of amides is 1. The van der Waals surface area contributed by atoms with Gasteiger partial charge >= 0.3 is 59.1 Å². The topological polar surface area (TPSA) is 264 Å². The number of H-pyrrole nitrogens is 1. The van der Waals surface area contributed by atoms with Crippen molar-refractivity contribution in [3.8, 4) is 17.2 Å². The monoisotopic (exact) mass is 911 g/mol. The summed E-state index contributed by atoms with van der Waals surface area (Å²) in [6.07, 6.45) is 0. The van der Waals surface area contributed by atoms with Crippen molar-refractivity contribution in [1.29, 1.82) is 5.41 Å². The molecule has 5 aromatic carbocycles. The number of hydrogen-bond acceptors (Lipinski definition) is 14. The van der Waals surface area contributed by atoms with E-state index in [9.17, 15) is 37.9 Å². The summed E-state index contributed by atoms with van der Waals surface area (Å²) in [7, 11) is -4.82. The van der Waals surface area contributed by atoms with E-state index in [1.807, 2.05) is 6.07 Å². The zero-order valence-electron chi connectivity index (χ0n) is 30.9. The molecule has 1 unspecified atom stereocenters. The fourth-order valence-electron chi connectivity index (χ4n) is 5.35. The average molecular weight is 913 g/mol. The molecule has 7 rings (SSSR count). The maximum Gasteiger partial charge on any atom is 1.00 e. The Balaban J connectivity index is 0.000000303. The number of nitrogens with one attached hydrogen (secondary N) is 2. The number of hydrogen-bond donors (Lipinski definition) is 4. The van der Waals surface area contributed by atoms with Gasteiger partial charge in [0.15, 0.2) is 17.5 Å². The molecule has 1 atom stereocenters. The summed E-state index contributed by atoms with van der Waals surface area (Å²) in [5, 5.41) is 63.1. The van der Waals surface area contributed by atoms with Gasteiger partial charge in [-0.2, -0.15) is 20.3 Å². The Hall–Kier alpha value is -4.20. The van der Waals surface area contributed by atoms with Gasteiger partial charge < -0.3 is 25.3 Å². The van der Waals surface area contributed by atoms with Crippen LogP contribution in [-0.4, -0.2) is 56.5 Å². The molecule has 1 aliphatic rings. The van der Waals surface area contributed by atoms with Crippen molar-refractivity contribution < 1.29 is 110 Å². The minimum atomic E-state index is -4.82. The summed E-state index contributed by atoms with van der Waals surface area (Å²) in [6, 6.07) is 25.8. The first-order valence-electron chi connectivity index (χ1n) is 16.0. The van der Waals surface area contributed by atoms with Crippen molar-refractivity contribution in [2.75, 3.05) is 5.01 Å². The van der Waals surface area contributed by atoms with Crippen LogP contribution in [0.1, 0.15) is 12.6 Å². The number of phenolic OH excluding ortho intramolecular Hbond substituents is 2. The Bertz CT molecular complexity index is 2790. The van der Waals surface area contributed by atoms with E-state index in [2.05, 4.69) is 30.7 Å². The van der Waals surface area contributed by atoms with Crippen LogP contribution in [0.2, 0.25) is 10.0 Å². The molecule has 59 heavy (non-hydrogen) atoms. The Labute approximate surface area is 400 Å². The van der Waals surface area contributed by atoms with Gasteiger partial charge in [-0.25, -0.2) is 13.1 Å². The van der Waals surface area contributed by atoms with Crippen LogP contribution in [0, 0.1) is 5.41 Å². The van der Waals surface area contributed by atoms with Gasteiger partial charge in [0.2, 0.25) is 0 Å². The predicted molar refractivity (Wildman–Crippen MR) is 204 cm³/mol. The Morgan fingerprint density at radius 1 is 0.847 bits per heavy atom. The fraction of sp³-hybridized carbons (Fsp3) is 0.0556. The van der Waals surface area contributed by atoms with Crippen LogP contribution in [0.25, 0.3) is 16.5 Å². The Morgan fingerprint density at radius 3 is 2.02 bits per heavy atom. The second-order valence-corrected chi connectivity index (χ2v) is 13.9. The van der Waals surface area contributed by atoms with E-state index >= 15 is 0 Å². The van der Waals surface area contributed by atoms with E-state index in [4.69, 9.17) is 28.6 Å². The van der Waals surface area contributed by atoms with Gasteiger partial charge in [0.05, 0.1) is 32.7 Å². The number of aromatic hydroxyl groups is 2. The third-order valence-electron chi connectivity index (χ3n) is 7.97. The van der Waals surface area contributed by atoms with Gasteiger partial charge in [-0.1, -0.05) is 83.9 Å². The van der Waals surface area contributed by atoms with E-state index in [1.54, 1.807) is 73.7 Å². The van der Waals surface area contributed by atoms with Crippen LogP contribution in [0.15, 0.2) is 138 Å². The van der Waals surface area contributed by atoms with E-state index in [0.717, 1.165) is 10.7 Å². The van der Waals surface area contributed by atoms with Crippen molar-refractivity contribution in [2.45, 2.75) is 17.9 Å². The van der Waals surface area contributed by atoms with Gasteiger partial charge in [-0.3, -0.25) is 14.7 Å². The maximum atomic E-state index is 12.7. The summed E-state index contributed by atoms with van der Waals surface area (Å²) >= 11 is 11.7. The number of carbonyl (C=O) groups excluding carboxylic acids is 1. The molecule has 1 aromatic heterocycles. The molecule has 0 fully saturated rings. The SMILES string of the molecule is CC1=NN(c2ccccc2)C(=O)C1N=Nc1c(O)cc(S(=O)(=O)[O-])c2ccccc12.N=C([O-])c1[nH]n(-c2ccccc2)c(=O)c1N=Nc1cc(Cl)cc(Cl)c1O.[Cr].[Na+].[Na+]. The number of rotatable bonds is 8. The van der Waals surface area contributed by atoms with Crippen molar-refractivity contribution in [3.63, 3.8) is 0 Å².